The highest BCUT2D eigenvalue weighted by Gasteiger charge is 2.33. The van der Waals surface area contributed by atoms with Gasteiger partial charge in [-0.3, -0.25) is 0 Å². The fourth-order valence-electron chi connectivity index (χ4n) is 3.38. The van der Waals surface area contributed by atoms with E-state index in [1.54, 1.807) is 10.4 Å². The van der Waals surface area contributed by atoms with E-state index in [0.29, 0.717) is 30.3 Å². The van der Waals surface area contributed by atoms with Gasteiger partial charge in [-0.25, -0.2) is 8.42 Å². The largest absolute Gasteiger partial charge is 0.489 e. The number of hydrogen-bond acceptors (Lipinski definition) is 4. The second-order valence-corrected chi connectivity index (χ2v) is 9.00. The van der Waals surface area contributed by atoms with Crippen molar-refractivity contribution in [2.24, 2.45) is 11.7 Å². The van der Waals surface area contributed by atoms with Gasteiger partial charge in [-0.1, -0.05) is 11.6 Å². The smallest absolute Gasteiger partial charge is 0.243 e. The van der Waals surface area contributed by atoms with Gasteiger partial charge in [0.1, 0.15) is 11.9 Å². The van der Waals surface area contributed by atoms with Crippen LogP contribution < -0.4 is 10.5 Å². The molecule has 0 bridgehead atoms. The van der Waals surface area contributed by atoms with Gasteiger partial charge in [-0.2, -0.15) is 4.31 Å². The van der Waals surface area contributed by atoms with Crippen molar-refractivity contribution in [3.8, 4) is 5.75 Å². The summed E-state index contributed by atoms with van der Waals surface area (Å²) in [5, 5.41) is 0.367. The van der Waals surface area contributed by atoms with Gasteiger partial charge < -0.3 is 10.5 Å². The Kier molecular flexibility index (Phi) is 6.08. The van der Waals surface area contributed by atoms with E-state index in [4.69, 9.17) is 22.1 Å². The van der Waals surface area contributed by atoms with E-state index in [2.05, 4.69) is 0 Å². The van der Waals surface area contributed by atoms with Crippen molar-refractivity contribution in [1.29, 1.82) is 0 Å². The first-order chi connectivity index (χ1) is 10.8. The molecule has 8 heteroatoms. The molecular formula is C16H24Cl2N2O3S. The number of hydrogen-bond donors (Lipinski definition) is 1. The third-order valence-corrected chi connectivity index (χ3v) is 6.85. The minimum Gasteiger partial charge on any atom is -0.489 e. The first-order valence-electron chi connectivity index (χ1n) is 8.04. The number of nitrogens with two attached hydrogens (primary N) is 1. The van der Waals surface area contributed by atoms with E-state index in [1.807, 2.05) is 13.8 Å². The standard InChI is InChI=1S/C16H23ClN2O3S.ClH/c1-10-6-13-7-14(8-15(17)16(13)22-10)23(20,21)19-5-3-4-12(9-19)11(2)18;/h7-8,10-12H,3-6,9,18H2,1-2H3;1H. The minimum atomic E-state index is -3.55. The lowest BCUT2D eigenvalue weighted by Gasteiger charge is -2.33. The van der Waals surface area contributed by atoms with E-state index in [-0.39, 0.29) is 35.4 Å². The first-order valence-corrected chi connectivity index (χ1v) is 9.85. The summed E-state index contributed by atoms with van der Waals surface area (Å²) in [6.07, 6.45) is 2.52. The summed E-state index contributed by atoms with van der Waals surface area (Å²) in [4.78, 5) is 0.254. The summed E-state index contributed by atoms with van der Waals surface area (Å²) in [6.45, 7) is 4.89. The summed E-state index contributed by atoms with van der Waals surface area (Å²) < 4.78 is 33.1. The zero-order valence-electron chi connectivity index (χ0n) is 13.9. The molecule has 0 spiro atoms. The van der Waals surface area contributed by atoms with E-state index >= 15 is 0 Å². The van der Waals surface area contributed by atoms with Crippen LogP contribution in [0.25, 0.3) is 0 Å². The monoisotopic (exact) mass is 394 g/mol. The molecule has 0 saturated carbocycles. The molecule has 2 aliphatic heterocycles. The molecule has 1 aromatic carbocycles. The molecule has 0 aromatic heterocycles. The molecule has 0 radical (unpaired) electrons. The Balaban J connectivity index is 0.00000208. The molecule has 0 amide bonds. The Morgan fingerprint density at radius 1 is 1.42 bits per heavy atom. The van der Waals surface area contributed by atoms with Crippen LogP contribution in [0.3, 0.4) is 0 Å². The molecule has 1 saturated heterocycles. The highest BCUT2D eigenvalue weighted by Crippen LogP contribution is 2.39. The van der Waals surface area contributed by atoms with Crippen molar-refractivity contribution >= 4 is 34.0 Å². The van der Waals surface area contributed by atoms with Gasteiger partial charge >= 0.3 is 0 Å². The SMILES string of the molecule is CC1Cc2cc(S(=O)(=O)N3CCCC(C(C)N)C3)cc(Cl)c2O1.Cl. The van der Waals surface area contributed by atoms with Crippen molar-refractivity contribution in [2.75, 3.05) is 13.1 Å². The van der Waals surface area contributed by atoms with Crippen LogP contribution in [0.15, 0.2) is 17.0 Å². The van der Waals surface area contributed by atoms with Crippen LogP contribution in [0, 0.1) is 5.92 Å². The van der Waals surface area contributed by atoms with Crippen LogP contribution in [0.2, 0.25) is 5.02 Å². The summed E-state index contributed by atoms with van der Waals surface area (Å²) in [5.74, 6) is 0.817. The number of ether oxygens (including phenoxy) is 1. The predicted octanol–water partition coefficient (Wildman–Crippen LogP) is 2.83. The van der Waals surface area contributed by atoms with Gasteiger partial charge in [0.2, 0.25) is 10.0 Å². The predicted molar refractivity (Wildman–Crippen MR) is 97.6 cm³/mol. The Labute approximate surface area is 154 Å². The molecule has 2 N–H and O–H groups in total. The molecule has 3 unspecified atom stereocenters. The molecule has 3 atom stereocenters. The Hall–Kier alpha value is -0.530. The minimum absolute atomic E-state index is 0. The number of benzene rings is 1. The Bertz CT molecular complexity index is 710. The van der Waals surface area contributed by atoms with Crippen molar-refractivity contribution < 1.29 is 13.2 Å². The number of halogens is 2. The van der Waals surface area contributed by atoms with E-state index in [1.165, 1.54) is 6.07 Å². The Morgan fingerprint density at radius 3 is 2.79 bits per heavy atom. The number of sulfonamides is 1. The topological polar surface area (TPSA) is 72.6 Å². The lowest BCUT2D eigenvalue weighted by molar-refractivity contribution is 0.243. The average molecular weight is 395 g/mol. The number of nitrogens with zero attached hydrogens (tertiary/aromatic N) is 1. The molecule has 1 fully saturated rings. The lowest BCUT2D eigenvalue weighted by Crippen LogP contribution is -2.44. The summed E-state index contributed by atoms with van der Waals surface area (Å²) >= 11 is 6.24. The maximum atomic E-state index is 13.0. The normalized spacial score (nSPS) is 25.5. The van der Waals surface area contributed by atoms with Crippen LogP contribution >= 0.6 is 24.0 Å². The second kappa shape index (κ2) is 7.38. The van der Waals surface area contributed by atoms with Crippen molar-refractivity contribution in [3.63, 3.8) is 0 Å². The van der Waals surface area contributed by atoms with Crippen LogP contribution in [0.4, 0.5) is 0 Å². The van der Waals surface area contributed by atoms with Crippen molar-refractivity contribution in [2.45, 2.75) is 50.2 Å². The van der Waals surface area contributed by atoms with Crippen molar-refractivity contribution in [1.82, 2.24) is 4.31 Å². The molecule has 0 aliphatic carbocycles. The Morgan fingerprint density at radius 2 is 2.12 bits per heavy atom. The molecule has 2 heterocycles. The maximum absolute atomic E-state index is 13.0. The highest BCUT2D eigenvalue weighted by molar-refractivity contribution is 7.89. The van der Waals surface area contributed by atoms with Gasteiger partial charge in [0.15, 0.2) is 0 Å². The third-order valence-electron chi connectivity index (χ3n) is 4.72. The fraction of sp³-hybridized carbons (Fsp3) is 0.625. The highest BCUT2D eigenvalue weighted by atomic mass is 35.5. The van der Waals surface area contributed by atoms with Gasteiger partial charge in [-0.15, -0.1) is 12.4 Å². The van der Waals surface area contributed by atoms with Gasteiger partial charge in [0.05, 0.1) is 9.92 Å². The zero-order valence-corrected chi connectivity index (χ0v) is 16.3. The maximum Gasteiger partial charge on any atom is 0.243 e. The average Bonchev–Trinajstić information content (AvgIpc) is 2.88. The summed E-state index contributed by atoms with van der Waals surface area (Å²) in [7, 11) is -3.55. The summed E-state index contributed by atoms with van der Waals surface area (Å²) in [5.41, 5.74) is 6.83. The van der Waals surface area contributed by atoms with Crippen LogP contribution in [-0.2, 0) is 16.4 Å². The molecular weight excluding hydrogens is 371 g/mol. The summed E-state index contributed by atoms with van der Waals surface area (Å²) in [6, 6.07) is 3.20. The van der Waals surface area contributed by atoms with E-state index in [0.717, 1.165) is 18.4 Å². The number of piperidine rings is 1. The molecule has 5 nitrogen and oxygen atoms in total. The van der Waals surface area contributed by atoms with Gasteiger partial charge in [-0.05, 0) is 44.7 Å². The number of fused-ring (bicyclic) bond motifs is 1. The molecule has 2 aliphatic rings. The molecule has 3 rings (SSSR count). The fourth-order valence-corrected chi connectivity index (χ4v) is 5.34. The van der Waals surface area contributed by atoms with Crippen LogP contribution in [-0.4, -0.2) is 38.0 Å². The van der Waals surface area contributed by atoms with Crippen molar-refractivity contribution in [3.05, 3.63) is 22.7 Å². The molecule has 1 aromatic rings. The number of rotatable bonds is 3. The van der Waals surface area contributed by atoms with E-state index in [9.17, 15) is 8.42 Å². The molecule has 24 heavy (non-hydrogen) atoms. The van der Waals surface area contributed by atoms with Gasteiger partial charge in [0, 0.05) is 31.1 Å². The quantitative estimate of drug-likeness (QED) is 0.854. The van der Waals surface area contributed by atoms with Crippen LogP contribution in [0.5, 0.6) is 5.75 Å². The molecule has 136 valence electrons. The first kappa shape index (κ1) is 19.8. The zero-order chi connectivity index (χ0) is 16.8. The third kappa shape index (κ3) is 3.68. The second-order valence-electron chi connectivity index (χ2n) is 6.65. The van der Waals surface area contributed by atoms with Crippen LogP contribution in [0.1, 0.15) is 32.3 Å². The lowest BCUT2D eigenvalue weighted by atomic mass is 9.93. The van der Waals surface area contributed by atoms with Gasteiger partial charge in [0.25, 0.3) is 0 Å². The van der Waals surface area contributed by atoms with E-state index < -0.39 is 10.0 Å².